The summed E-state index contributed by atoms with van der Waals surface area (Å²) in [6, 6.07) is 8.58. The Balaban J connectivity index is 1.82. The molecule has 144 valence electrons. The fraction of sp³-hybridized carbons (Fsp3) is 0.294. The van der Waals surface area contributed by atoms with E-state index in [-0.39, 0.29) is 19.0 Å². The minimum absolute atomic E-state index is 0.0694. The number of sulfonamides is 1. The first kappa shape index (κ1) is 18.9. The summed E-state index contributed by atoms with van der Waals surface area (Å²) < 4.78 is 46.2. The monoisotopic (exact) mass is 393 g/mol. The Hall–Kier alpha value is -2.85. The van der Waals surface area contributed by atoms with Gasteiger partial charge in [-0.3, -0.25) is 0 Å². The summed E-state index contributed by atoms with van der Waals surface area (Å²) in [5.41, 5.74) is 0.652. The predicted molar refractivity (Wildman–Crippen MR) is 95.6 cm³/mol. The second-order valence-corrected chi connectivity index (χ2v) is 7.67. The third-order valence-electron chi connectivity index (χ3n) is 3.80. The molecule has 0 saturated heterocycles. The number of benzene rings is 1. The zero-order valence-corrected chi connectivity index (χ0v) is 15.9. The molecule has 0 atom stereocenters. The average molecular weight is 393 g/mol. The Morgan fingerprint density at radius 3 is 2.52 bits per heavy atom. The molecule has 0 bridgehead atoms. The van der Waals surface area contributed by atoms with E-state index >= 15 is 0 Å². The zero-order chi connectivity index (χ0) is 19.4. The van der Waals surface area contributed by atoms with Crippen LogP contribution in [-0.2, 0) is 23.1 Å². The Kier molecular flexibility index (Phi) is 5.47. The largest absolute Gasteiger partial charge is 0.493 e. The normalized spacial score (nSPS) is 11.7. The summed E-state index contributed by atoms with van der Waals surface area (Å²) in [4.78, 5) is 4.28. The Labute approximate surface area is 156 Å². The van der Waals surface area contributed by atoms with E-state index in [9.17, 15) is 8.42 Å². The highest BCUT2D eigenvalue weighted by molar-refractivity contribution is 7.88. The molecule has 1 aromatic carbocycles. The Morgan fingerprint density at radius 2 is 1.89 bits per heavy atom. The number of methoxy groups -OCH3 is 2. The molecule has 3 aromatic rings. The molecule has 0 unspecified atom stereocenters. The van der Waals surface area contributed by atoms with E-state index in [1.165, 1.54) is 17.7 Å². The number of ether oxygens (including phenoxy) is 2. The second-order valence-electron chi connectivity index (χ2n) is 5.69. The first-order valence-electron chi connectivity index (χ1n) is 7.93. The molecule has 0 spiro atoms. The van der Waals surface area contributed by atoms with Crippen LogP contribution in [0.15, 0.2) is 45.5 Å². The first-order valence-corrected chi connectivity index (χ1v) is 9.78. The average Bonchev–Trinajstić information content (AvgIpc) is 3.32. The summed E-state index contributed by atoms with van der Waals surface area (Å²) in [6.45, 7) is -0.000270. The Bertz CT molecular complexity index is 998. The molecule has 27 heavy (non-hydrogen) atoms. The molecule has 0 fully saturated rings. The highest BCUT2D eigenvalue weighted by Gasteiger charge is 2.22. The van der Waals surface area contributed by atoms with Crippen LogP contribution in [0, 0.1) is 0 Å². The number of hydrogen-bond acceptors (Lipinski definition) is 8. The van der Waals surface area contributed by atoms with Crippen LogP contribution in [0.25, 0.3) is 11.4 Å². The van der Waals surface area contributed by atoms with Crippen molar-refractivity contribution in [3.8, 4) is 22.9 Å². The van der Waals surface area contributed by atoms with Crippen LogP contribution in [0.2, 0.25) is 0 Å². The highest BCUT2D eigenvalue weighted by Crippen LogP contribution is 2.31. The van der Waals surface area contributed by atoms with Gasteiger partial charge in [0.05, 0.1) is 39.8 Å². The lowest BCUT2D eigenvalue weighted by molar-refractivity contribution is 0.299. The van der Waals surface area contributed by atoms with Crippen molar-refractivity contribution in [2.75, 3.05) is 20.5 Å². The van der Waals surface area contributed by atoms with Gasteiger partial charge in [0.1, 0.15) is 5.76 Å². The molecule has 0 aliphatic rings. The van der Waals surface area contributed by atoms with E-state index < -0.39 is 10.0 Å². The van der Waals surface area contributed by atoms with E-state index in [0.29, 0.717) is 28.6 Å². The number of nitrogens with zero attached hydrogens (tertiary/aromatic N) is 3. The van der Waals surface area contributed by atoms with Gasteiger partial charge in [-0.05, 0) is 30.3 Å². The summed E-state index contributed by atoms with van der Waals surface area (Å²) in [7, 11) is -0.431. The predicted octanol–water partition coefficient (Wildman–Crippen LogP) is 2.31. The van der Waals surface area contributed by atoms with Crippen molar-refractivity contribution in [1.82, 2.24) is 14.4 Å². The van der Waals surface area contributed by atoms with Gasteiger partial charge in [0, 0.05) is 5.56 Å². The molecular formula is C17H19N3O6S. The number of rotatable bonds is 8. The molecule has 3 rings (SSSR count). The molecule has 9 nitrogen and oxygen atoms in total. The van der Waals surface area contributed by atoms with Crippen LogP contribution >= 0.6 is 0 Å². The van der Waals surface area contributed by atoms with Gasteiger partial charge in [-0.1, -0.05) is 5.16 Å². The van der Waals surface area contributed by atoms with Crippen LogP contribution in [0.1, 0.15) is 11.7 Å². The van der Waals surface area contributed by atoms with Gasteiger partial charge in [0.25, 0.3) is 0 Å². The fourth-order valence-corrected chi connectivity index (χ4v) is 3.14. The molecule has 10 heteroatoms. The SMILES string of the molecule is COc1ccc(-c2noc(CN(Cc3ccco3)S(C)(=O)=O)n2)cc1OC. The maximum absolute atomic E-state index is 12.1. The zero-order valence-electron chi connectivity index (χ0n) is 15.1. The molecular weight excluding hydrogens is 374 g/mol. The van der Waals surface area contributed by atoms with Crippen molar-refractivity contribution in [2.24, 2.45) is 0 Å². The van der Waals surface area contributed by atoms with E-state index in [1.54, 1.807) is 37.4 Å². The second kappa shape index (κ2) is 7.80. The van der Waals surface area contributed by atoms with Crippen LogP contribution in [0.3, 0.4) is 0 Å². The van der Waals surface area contributed by atoms with Crippen molar-refractivity contribution in [2.45, 2.75) is 13.1 Å². The van der Waals surface area contributed by atoms with Gasteiger partial charge in [-0.2, -0.15) is 9.29 Å². The van der Waals surface area contributed by atoms with Gasteiger partial charge in [0.2, 0.25) is 21.7 Å². The highest BCUT2D eigenvalue weighted by atomic mass is 32.2. The third kappa shape index (κ3) is 4.47. The maximum atomic E-state index is 12.1. The van der Waals surface area contributed by atoms with Crippen molar-refractivity contribution < 1.29 is 26.8 Å². The van der Waals surface area contributed by atoms with Crippen molar-refractivity contribution >= 4 is 10.0 Å². The maximum Gasteiger partial charge on any atom is 0.242 e. The summed E-state index contributed by atoms with van der Waals surface area (Å²) in [5, 5.41) is 3.92. The molecule has 0 radical (unpaired) electrons. The number of aromatic nitrogens is 2. The van der Waals surface area contributed by atoms with Crippen molar-refractivity contribution in [3.05, 3.63) is 48.2 Å². The summed E-state index contributed by atoms with van der Waals surface area (Å²) >= 11 is 0. The van der Waals surface area contributed by atoms with Crippen LogP contribution in [-0.4, -0.2) is 43.3 Å². The van der Waals surface area contributed by atoms with Gasteiger partial charge < -0.3 is 18.4 Å². The van der Waals surface area contributed by atoms with E-state index in [0.717, 1.165) is 6.26 Å². The lowest BCUT2D eigenvalue weighted by Gasteiger charge is -2.16. The molecule has 0 N–H and O–H groups in total. The van der Waals surface area contributed by atoms with E-state index in [2.05, 4.69) is 10.1 Å². The quantitative estimate of drug-likeness (QED) is 0.574. The minimum Gasteiger partial charge on any atom is -0.493 e. The van der Waals surface area contributed by atoms with Crippen molar-refractivity contribution in [3.63, 3.8) is 0 Å². The van der Waals surface area contributed by atoms with E-state index in [1.807, 2.05) is 0 Å². The Morgan fingerprint density at radius 1 is 1.11 bits per heavy atom. The van der Waals surface area contributed by atoms with Gasteiger partial charge in [0.15, 0.2) is 11.5 Å². The first-order chi connectivity index (χ1) is 12.9. The molecule has 2 aromatic heterocycles. The van der Waals surface area contributed by atoms with Crippen LogP contribution < -0.4 is 9.47 Å². The summed E-state index contributed by atoms with van der Waals surface area (Å²) in [6.07, 6.45) is 2.60. The topological polar surface area (TPSA) is 108 Å². The lowest BCUT2D eigenvalue weighted by atomic mass is 10.2. The lowest BCUT2D eigenvalue weighted by Crippen LogP contribution is -2.29. The minimum atomic E-state index is -3.51. The fourth-order valence-electron chi connectivity index (χ4n) is 2.43. The van der Waals surface area contributed by atoms with Gasteiger partial charge in [-0.25, -0.2) is 8.42 Å². The van der Waals surface area contributed by atoms with Gasteiger partial charge in [-0.15, -0.1) is 0 Å². The summed E-state index contributed by atoms with van der Waals surface area (Å²) in [5.74, 6) is 2.10. The van der Waals surface area contributed by atoms with Crippen molar-refractivity contribution in [1.29, 1.82) is 0 Å². The molecule has 0 amide bonds. The van der Waals surface area contributed by atoms with Crippen LogP contribution in [0.4, 0.5) is 0 Å². The number of furan rings is 1. The van der Waals surface area contributed by atoms with E-state index in [4.69, 9.17) is 18.4 Å². The standard InChI is InChI=1S/C17H19N3O6S/c1-23-14-7-6-12(9-15(14)24-2)17-18-16(26-19-17)11-20(27(3,21)22)10-13-5-4-8-25-13/h4-9H,10-11H2,1-3H3. The third-order valence-corrected chi connectivity index (χ3v) is 5.00. The van der Waals surface area contributed by atoms with Crippen LogP contribution in [0.5, 0.6) is 11.5 Å². The number of hydrogen-bond donors (Lipinski definition) is 0. The molecule has 0 aliphatic heterocycles. The molecule has 2 heterocycles. The van der Waals surface area contributed by atoms with Gasteiger partial charge >= 0.3 is 0 Å². The smallest absolute Gasteiger partial charge is 0.242 e. The molecule has 0 saturated carbocycles. The molecule has 0 aliphatic carbocycles.